The molecule has 1 aliphatic heterocycles. The Morgan fingerprint density at radius 3 is 2.31 bits per heavy atom. The third-order valence-electron chi connectivity index (χ3n) is 6.67. The van der Waals surface area contributed by atoms with E-state index in [-0.39, 0.29) is 12.5 Å². The summed E-state index contributed by atoms with van der Waals surface area (Å²) in [7, 11) is 0. The highest BCUT2D eigenvalue weighted by molar-refractivity contribution is 6.31. The van der Waals surface area contributed by atoms with Gasteiger partial charge in [-0.3, -0.25) is 0 Å². The minimum absolute atomic E-state index is 0.0319. The number of hydrogen-bond donors (Lipinski definition) is 2. The molecule has 13 heteroatoms. The van der Waals surface area contributed by atoms with Gasteiger partial charge in [0, 0.05) is 28.2 Å². The number of anilines is 1. The maximum absolute atomic E-state index is 13.4. The largest absolute Gasteiger partial charge is 0.451 e. The topological polar surface area (TPSA) is 77.9 Å². The van der Waals surface area contributed by atoms with Crippen molar-refractivity contribution in [2.75, 3.05) is 11.4 Å². The number of rotatable bonds is 3. The van der Waals surface area contributed by atoms with Crippen LogP contribution >= 0.6 is 11.6 Å². The van der Waals surface area contributed by atoms with E-state index in [0.29, 0.717) is 42.8 Å². The number of nitrogens with one attached hydrogen (secondary N) is 1. The van der Waals surface area contributed by atoms with Gasteiger partial charge in [-0.15, -0.1) is 0 Å². The lowest BCUT2D eigenvalue weighted by molar-refractivity contribution is -0.155. The lowest BCUT2D eigenvalue weighted by atomic mass is 9.89. The molecule has 5 rings (SSSR count). The van der Waals surface area contributed by atoms with Crippen molar-refractivity contribution in [2.45, 2.75) is 56.6 Å². The van der Waals surface area contributed by atoms with Crippen molar-refractivity contribution >= 4 is 28.5 Å². The Morgan fingerprint density at radius 1 is 1.03 bits per heavy atom. The second kappa shape index (κ2) is 8.51. The maximum Gasteiger partial charge on any atom is 0.451 e. The fourth-order valence-electron chi connectivity index (χ4n) is 5.15. The molecule has 1 fully saturated rings. The maximum atomic E-state index is 13.4. The molecule has 3 heterocycles. The number of fused-ring (bicyclic) bond motifs is 3. The zero-order valence-corrected chi connectivity index (χ0v) is 18.8. The van der Waals surface area contributed by atoms with E-state index in [0.717, 1.165) is 16.5 Å². The number of aromatic nitrogens is 4. The molecule has 2 aromatic heterocycles. The predicted octanol–water partition coefficient (Wildman–Crippen LogP) is 5.70. The van der Waals surface area contributed by atoms with Gasteiger partial charge in [-0.05, 0) is 61.8 Å². The predicted molar refractivity (Wildman–Crippen MR) is 115 cm³/mol. The molecule has 6 nitrogen and oxygen atoms in total. The Balaban J connectivity index is 1.63. The van der Waals surface area contributed by atoms with E-state index in [2.05, 4.69) is 19.9 Å². The number of alkyl halides is 6. The summed E-state index contributed by atoms with van der Waals surface area (Å²) in [6.07, 6.45) is -8.30. The number of halogens is 7. The number of hydrogen-bond acceptors (Lipinski definition) is 5. The Hall–Kier alpha value is -2.60. The average Bonchev–Trinajstić information content (AvgIpc) is 3.35. The molecule has 2 aliphatic rings. The fraction of sp³-hybridized carbons (Fsp3) is 0.500. The molecule has 188 valence electrons. The van der Waals surface area contributed by atoms with Crippen LogP contribution < -0.4 is 4.90 Å². The number of aliphatic hydroxyl groups is 1. The molecule has 0 radical (unpaired) electrons. The van der Waals surface area contributed by atoms with Gasteiger partial charge in [0.1, 0.15) is 0 Å². The van der Waals surface area contributed by atoms with E-state index < -0.39 is 42.1 Å². The van der Waals surface area contributed by atoms with Crippen molar-refractivity contribution in [2.24, 2.45) is 5.92 Å². The third kappa shape index (κ3) is 4.65. The van der Waals surface area contributed by atoms with Gasteiger partial charge in [0.2, 0.25) is 17.6 Å². The highest BCUT2D eigenvalue weighted by Crippen LogP contribution is 2.43. The molecular weight excluding hydrogens is 500 g/mol. The Morgan fingerprint density at radius 2 is 1.71 bits per heavy atom. The van der Waals surface area contributed by atoms with Crippen LogP contribution in [0.5, 0.6) is 0 Å². The van der Waals surface area contributed by atoms with Gasteiger partial charge >= 0.3 is 12.4 Å². The molecule has 0 saturated heterocycles. The van der Waals surface area contributed by atoms with E-state index in [1.165, 1.54) is 4.90 Å². The van der Waals surface area contributed by atoms with Gasteiger partial charge < -0.3 is 15.0 Å². The second-order valence-corrected chi connectivity index (χ2v) is 9.45. The van der Waals surface area contributed by atoms with Crippen molar-refractivity contribution in [1.29, 1.82) is 0 Å². The van der Waals surface area contributed by atoms with Gasteiger partial charge in [0.15, 0.2) is 0 Å². The lowest BCUT2D eigenvalue weighted by Crippen LogP contribution is -2.38. The van der Waals surface area contributed by atoms with E-state index in [9.17, 15) is 31.4 Å². The summed E-state index contributed by atoms with van der Waals surface area (Å²) in [6.45, 7) is 0.102. The van der Waals surface area contributed by atoms with Gasteiger partial charge in [0.05, 0.1) is 12.1 Å². The van der Waals surface area contributed by atoms with E-state index >= 15 is 0 Å². The summed E-state index contributed by atoms with van der Waals surface area (Å²) in [4.78, 5) is 14.2. The standard InChI is InChI=1S/C22H20ClF6N5O/c23-11-2-4-15-14(9-11)13-5-6-34(16(17(13)30-15)8-10-1-3-12(35)7-10)20-32-18(21(24,25)26)31-19(33-20)22(27,28)29/h2,4,9-10,12,16,30,35H,1,3,5-8H2/t10-,12+,16+/m1/s1. The van der Waals surface area contributed by atoms with Crippen LogP contribution in [0.25, 0.3) is 10.9 Å². The summed E-state index contributed by atoms with van der Waals surface area (Å²) in [5.41, 5.74) is 2.35. The summed E-state index contributed by atoms with van der Waals surface area (Å²) in [6, 6.07) is 4.64. The van der Waals surface area contributed by atoms with Crippen molar-refractivity contribution in [3.8, 4) is 0 Å². The molecule has 3 aromatic rings. The molecule has 0 amide bonds. The van der Waals surface area contributed by atoms with Crippen LogP contribution in [0, 0.1) is 5.92 Å². The van der Waals surface area contributed by atoms with Crippen LogP contribution in [0.2, 0.25) is 5.02 Å². The van der Waals surface area contributed by atoms with Gasteiger partial charge in [-0.25, -0.2) is 4.98 Å². The highest BCUT2D eigenvalue weighted by atomic mass is 35.5. The van der Waals surface area contributed by atoms with Crippen LogP contribution in [0.1, 0.15) is 54.6 Å². The average molecular weight is 520 g/mol. The lowest BCUT2D eigenvalue weighted by Gasteiger charge is -2.37. The fourth-order valence-corrected chi connectivity index (χ4v) is 5.32. The summed E-state index contributed by atoms with van der Waals surface area (Å²) in [5, 5.41) is 11.4. The molecule has 0 spiro atoms. The van der Waals surface area contributed by atoms with Gasteiger partial charge in [-0.2, -0.15) is 36.3 Å². The quantitative estimate of drug-likeness (QED) is 0.434. The van der Waals surface area contributed by atoms with Crippen LogP contribution in [0.3, 0.4) is 0 Å². The molecule has 3 atom stereocenters. The molecule has 1 aromatic carbocycles. The first-order valence-corrected chi connectivity index (χ1v) is 11.4. The third-order valence-corrected chi connectivity index (χ3v) is 6.91. The summed E-state index contributed by atoms with van der Waals surface area (Å²) >= 11 is 6.16. The number of aromatic amines is 1. The molecular formula is C22H20ClF6N5O. The van der Waals surface area contributed by atoms with Crippen molar-refractivity contribution in [3.05, 3.63) is 46.1 Å². The molecule has 35 heavy (non-hydrogen) atoms. The van der Waals surface area contributed by atoms with Crippen molar-refractivity contribution in [3.63, 3.8) is 0 Å². The Kier molecular flexibility index (Phi) is 5.86. The van der Waals surface area contributed by atoms with Crippen LogP contribution in [-0.2, 0) is 18.8 Å². The molecule has 1 aliphatic carbocycles. The molecule has 1 saturated carbocycles. The monoisotopic (exact) mass is 519 g/mol. The smallest absolute Gasteiger partial charge is 0.393 e. The normalized spacial score (nSPS) is 23.2. The van der Waals surface area contributed by atoms with E-state index in [1.54, 1.807) is 18.2 Å². The number of H-pyrrole nitrogens is 1. The van der Waals surface area contributed by atoms with Crippen LogP contribution in [0.15, 0.2) is 18.2 Å². The zero-order chi connectivity index (χ0) is 25.1. The van der Waals surface area contributed by atoms with Gasteiger partial charge in [0.25, 0.3) is 0 Å². The zero-order valence-electron chi connectivity index (χ0n) is 18.1. The second-order valence-electron chi connectivity index (χ2n) is 9.01. The summed E-state index contributed by atoms with van der Waals surface area (Å²) < 4.78 is 80.4. The first-order chi connectivity index (χ1) is 16.4. The minimum atomic E-state index is -5.18. The summed E-state index contributed by atoms with van der Waals surface area (Å²) in [5.74, 6) is -4.42. The first-order valence-electron chi connectivity index (χ1n) is 11.1. The van der Waals surface area contributed by atoms with Crippen LogP contribution in [-0.4, -0.2) is 37.7 Å². The van der Waals surface area contributed by atoms with Crippen molar-refractivity contribution < 1.29 is 31.4 Å². The number of nitrogens with zero attached hydrogens (tertiary/aromatic N) is 4. The van der Waals surface area contributed by atoms with Gasteiger partial charge in [-0.1, -0.05) is 11.6 Å². The van der Waals surface area contributed by atoms with Crippen LogP contribution in [0.4, 0.5) is 32.3 Å². The Bertz CT molecular complexity index is 1230. The van der Waals surface area contributed by atoms with E-state index in [1.807, 2.05) is 0 Å². The molecule has 0 unspecified atom stereocenters. The number of aliphatic hydroxyl groups excluding tert-OH is 1. The van der Waals surface area contributed by atoms with E-state index in [4.69, 9.17) is 11.6 Å². The molecule has 2 N–H and O–H groups in total. The molecule has 0 bridgehead atoms. The SMILES string of the molecule is O[C@H]1CC[C@@H](C[C@H]2c3[nH]c4ccc(Cl)cc4c3CCN2c2nc(C(F)(F)F)nc(C(F)(F)F)n2)C1. The Labute approximate surface area is 200 Å². The highest BCUT2D eigenvalue weighted by Gasteiger charge is 2.43. The number of benzene rings is 1. The van der Waals surface area contributed by atoms with Crippen molar-refractivity contribution in [1.82, 2.24) is 19.9 Å². The minimum Gasteiger partial charge on any atom is -0.393 e. The first kappa shape index (κ1) is 24.1.